The fourth-order valence-corrected chi connectivity index (χ4v) is 3.28. The number of anilines is 1. The zero-order valence-corrected chi connectivity index (χ0v) is 15.2. The standard InChI is InChI=1S/C20H23NO3S/c1-25-14-15-7-9-16(10-8-15)20(22)21-17-4-2-5-18(12-17)24-13-19-6-3-11-23-19/h2,4-5,7-10,12,19H,3,6,11,13-14H2,1H3,(H,21,22). The summed E-state index contributed by atoms with van der Waals surface area (Å²) >= 11 is 1.76. The SMILES string of the molecule is CSCc1ccc(C(=O)Nc2cccc(OCC3CCCO3)c2)cc1. The minimum atomic E-state index is -0.119. The van der Waals surface area contributed by atoms with Crippen LogP contribution in [0, 0.1) is 0 Å². The van der Waals surface area contributed by atoms with Gasteiger partial charge in [-0.3, -0.25) is 4.79 Å². The fourth-order valence-electron chi connectivity index (χ4n) is 2.75. The van der Waals surface area contributed by atoms with Gasteiger partial charge in [0, 0.05) is 29.7 Å². The van der Waals surface area contributed by atoms with E-state index < -0.39 is 0 Å². The van der Waals surface area contributed by atoms with Gasteiger partial charge in [-0.2, -0.15) is 11.8 Å². The van der Waals surface area contributed by atoms with Crippen molar-refractivity contribution in [1.82, 2.24) is 0 Å². The Bertz CT molecular complexity index is 696. The summed E-state index contributed by atoms with van der Waals surface area (Å²) in [5, 5.41) is 2.92. The minimum absolute atomic E-state index is 0.119. The lowest BCUT2D eigenvalue weighted by Crippen LogP contribution is -2.16. The highest BCUT2D eigenvalue weighted by Crippen LogP contribution is 2.20. The lowest BCUT2D eigenvalue weighted by atomic mass is 10.1. The molecular weight excluding hydrogens is 334 g/mol. The molecule has 3 rings (SSSR count). The maximum atomic E-state index is 12.4. The number of ether oxygens (including phenoxy) is 2. The monoisotopic (exact) mass is 357 g/mol. The van der Waals surface area contributed by atoms with Gasteiger partial charge in [0.2, 0.25) is 0 Å². The molecule has 1 aliphatic heterocycles. The largest absolute Gasteiger partial charge is 0.491 e. The number of thioether (sulfide) groups is 1. The Balaban J connectivity index is 1.57. The molecule has 1 heterocycles. The summed E-state index contributed by atoms with van der Waals surface area (Å²) < 4.78 is 11.3. The van der Waals surface area contributed by atoms with Crippen LogP contribution in [0.15, 0.2) is 48.5 Å². The molecule has 5 heteroatoms. The van der Waals surface area contributed by atoms with Gasteiger partial charge in [0.15, 0.2) is 0 Å². The molecular formula is C20H23NO3S. The first-order chi connectivity index (χ1) is 12.2. The molecule has 1 fully saturated rings. The summed E-state index contributed by atoms with van der Waals surface area (Å²) in [5.74, 6) is 1.57. The van der Waals surface area contributed by atoms with E-state index in [4.69, 9.17) is 9.47 Å². The van der Waals surface area contributed by atoms with E-state index in [-0.39, 0.29) is 12.0 Å². The Morgan fingerprint density at radius 1 is 1.28 bits per heavy atom. The number of benzene rings is 2. The van der Waals surface area contributed by atoms with Crippen LogP contribution in [-0.2, 0) is 10.5 Å². The number of carbonyl (C=O) groups excluding carboxylic acids is 1. The average molecular weight is 357 g/mol. The van der Waals surface area contributed by atoms with E-state index in [2.05, 4.69) is 11.6 Å². The normalized spacial score (nSPS) is 16.6. The van der Waals surface area contributed by atoms with Crippen LogP contribution in [0.3, 0.4) is 0 Å². The number of amides is 1. The highest BCUT2D eigenvalue weighted by Gasteiger charge is 2.16. The molecule has 0 aliphatic carbocycles. The second-order valence-electron chi connectivity index (χ2n) is 6.06. The minimum Gasteiger partial charge on any atom is -0.491 e. The molecule has 0 aromatic heterocycles. The summed E-state index contributed by atoms with van der Waals surface area (Å²) in [6, 6.07) is 15.2. The van der Waals surface area contributed by atoms with Crippen molar-refractivity contribution in [1.29, 1.82) is 0 Å². The van der Waals surface area contributed by atoms with E-state index in [1.807, 2.05) is 48.5 Å². The molecule has 1 N–H and O–H groups in total. The summed E-state index contributed by atoms with van der Waals surface area (Å²) in [5.41, 5.74) is 2.59. The first-order valence-electron chi connectivity index (χ1n) is 8.48. The van der Waals surface area contributed by atoms with Gasteiger partial charge < -0.3 is 14.8 Å². The van der Waals surface area contributed by atoms with Crippen molar-refractivity contribution in [2.45, 2.75) is 24.7 Å². The molecule has 1 atom stereocenters. The summed E-state index contributed by atoms with van der Waals surface area (Å²) in [7, 11) is 0. The molecule has 0 spiro atoms. The van der Waals surface area contributed by atoms with Crippen molar-refractivity contribution in [3.05, 3.63) is 59.7 Å². The summed E-state index contributed by atoms with van der Waals surface area (Å²) in [6.07, 6.45) is 4.38. The molecule has 1 unspecified atom stereocenters. The van der Waals surface area contributed by atoms with Crippen molar-refractivity contribution in [2.24, 2.45) is 0 Å². The van der Waals surface area contributed by atoms with Gasteiger partial charge in [-0.15, -0.1) is 0 Å². The molecule has 2 aromatic carbocycles. The molecule has 2 aromatic rings. The summed E-state index contributed by atoms with van der Waals surface area (Å²) in [6.45, 7) is 1.37. The molecule has 1 saturated heterocycles. The van der Waals surface area contributed by atoms with Gasteiger partial charge in [-0.25, -0.2) is 0 Å². The zero-order chi connectivity index (χ0) is 17.5. The highest BCUT2D eigenvalue weighted by atomic mass is 32.2. The van der Waals surface area contributed by atoms with Gasteiger partial charge in [0.25, 0.3) is 5.91 Å². The van der Waals surface area contributed by atoms with Gasteiger partial charge in [-0.05, 0) is 48.9 Å². The Hall–Kier alpha value is -1.98. The van der Waals surface area contributed by atoms with Crippen molar-refractivity contribution in [3.8, 4) is 5.75 Å². The fraction of sp³-hybridized carbons (Fsp3) is 0.350. The lowest BCUT2D eigenvalue weighted by Gasteiger charge is -2.12. The third kappa shape index (κ3) is 5.25. The first kappa shape index (κ1) is 17.8. The molecule has 0 bridgehead atoms. The predicted octanol–water partition coefficient (Wildman–Crippen LogP) is 4.36. The van der Waals surface area contributed by atoms with E-state index in [1.54, 1.807) is 11.8 Å². The van der Waals surface area contributed by atoms with Gasteiger partial charge in [0.05, 0.1) is 6.10 Å². The van der Waals surface area contributed by atoms with E-state index in [0.29, 0.717) is 12.2 Å². The third-order valence-electron chi connectivity index (χ3n) is 4.08. The van der Waals surface area contributed by atoms with Gasteiger partial charge in [-0.1, -0.05) is 18.2 Å². The maximum absolute atomic E-state index is 12.4. The Labute approximate surface area is 152 Å². The molecule has 0 radical (unpaired) electrons. The van der Waals surface area contributed by atoms with Crippen molar-refractivity contribution >= 4 is 23.4 Å². The Morgan fingerprint density at radius 2 is 2.12 bits per heavy atom. The molecule has 0 saturated carbocycles. The molecule has 25 heavy (non-hydrogen) atoms. The topological polar surface area (TPSA) is 47.6 Å². The number of carbonyl (C=O) groups is 1. The van der Waals surface area contributed by atoms with Crippen LogP contribution >= 0.6 is 11.8 Å². The predicted molar refractivity (Wildman–Crippen MR) is 103 cm³/mol. The molecule has 1 aliphatic rings. The maximum Gasteiger partial charge on any atom is 0.255 e. The van der Waals surface area contributed by atoms with Crippen LogP contribution in [0.25, 0.3) is 0 Å². The number of nitrogens with one attached hydrogen (secondary N) is 1. The zero-order valence-electron chi connectivity index (χ0n) is 14.4. The lowest BCUT2D eigenvalue weighted by molar-refractivity contribution is 0.0680. The van der Waals surface area contributed by atoms with Crippen LogP contribution in [0.4, 0.5) is 5.69 Å². The van der Waals surface area contributed by atoms with Crippen LogP contribution < -0.4 is 10.1 Å². The van der Waals surface area contributed by atoms with Crippen molar-refractivity contribution in [3.63, 3.8) is 0 Å². The molecule has 132 valence electrons. The highest BCUT2D eigenvalue weighted by molar-refractivity contribution is 7.97. The average Bonchev–Trinajstić information content (AvgIpc) is 3.15. The number of hydrogen-bond acceptors (Lipinski definition) is 4. The number of rotatable bonds is 7. The quantitative estimate of drug-likeness (QED) is 0.800. The van der Waals surface area contributed by atoms with E-state index in [1.165, 1.54) is 5.56 Å². The Morgan fingerprint density at radius 3 is 2.84 bits per heavy atom. The second-order valence-corrected chi connectivity index (χ2v) is 6.92. The number of hydrogen-bond donors (Lipinski definition) is 1. The van der Waals surface area contributed by atoms with E-state index in [9.17, 15) is 4.79 Å². The van der Waals surface area contributed by atoms with Crippen molar-refractivity contribution < 1.29 is 14.3 Å². The summed E-state index contributed by atoms with van der Waals surface area (Å²) in [4.78, 5) is 12.4. The first-order valence-corrected chi connectivity index (χ1v) is 9.87. The van der Waals surface area contributed by atoms with E-state index in [0.717, 1.165) is 36.6 Å². The van der Waals surface area contributed by atoms with Crippen LogP contribution in [0.1, 0.15) is 28.8 Å². The second kappa shape index (κ2) is 8.92. The molecule has 4 nitrogen and oxygen atoms in total. The third-order valence-corrected chi connectivity index (χ3v) is 4.70. The van der Waals surface area contributed by atoms with Crippen molar-refractivity contribution in [2.75, 3.05) is 24.8 Å². The van der Waals surface area contributed by atoms with E-state index >= 15 is 0 Å². The van der Waals surface area contributed by atoms with Crippen LogP contribution in [0.5, 0.6) is 5.75 Å². The molecule has 1 amide bonds. The van der Waals surface area contributed by atoms with Gasteiger partial charge in [0.1, 0.15) is 12.4 Å². The van der Waals surface area contributed by atoms with Crippen LogP contribution in [0.2, 0.25) is 0 Å². The smallest absolute Gasteiger partial charge is 0.255 e. The Kier molecular flexibility index (Phi) is 6.36. The van der Waals surface area contributed by atoms with Crippen LogP contribution in [-0.4, -0.2) is 31.5 Å². The van der Waals surface area contributed by atoms with Gasteiger partial charge >= 0.3 is 0 Å².